The minimum Gasteiger partial charge on any atom is -0.419 e. The van der Waals surface area contributed by atoms with E-state index in [0.717, 1.165) is 16.4 Å². The Labute approximate surface area is 168 Å². The Morgan fingerprint density at radius 1 is 0.964 bits per heavy atom. The summed E-state index contributed by atoms with van der Waals surface area (Å²) in [4.78, 5) is 4.53. The van der Waals surface area contributed by atoms with Gasteiger partial charge in [0.1, 0.15) is 0 Å². The van der Waals surface area contributed by atoms with Gasteiger partial charge in [-0.25, -0.2) is 4.98 Å². The fourth-order valence-electron chi connectivity index (χ4n) is 3.06. The Balaban J connectivity index is 1.56. The number of aryl methyl sites for hydroxylation is 3. The van der Waals surface area contributed by atoms with Gasteiger partial charge in [-0.1, -0.05) is 47.2 Å². The first kappa shape index (κ1) is 18.5. The summed E-state index contributed by atoms with van der Waals surface area (Å²) < 4.78 is 8.03. The van der Waals surface area contributed by atoms with Gasteiger partial charge in [-0.2, -0.15) is 0 Å². The average Bonchev–Trinajstić information content (AvgIpc) is 3.32. The number of nitrogens with zero attached hydrogens (tertiary/aromatic N) is 4. The molecule has 0 radical (unpaired) electrons. The summed E-state index contributed by atoms with van der Waals surface area (Å²) in [5.74, 6) is 1.14. The third kappa shape index (κ3) is 3.73. The molecule has 2 aromatic carbocycles. The zero-order valence-electron chi connectivity index (χ0n) is 16.4. The van der Waals surface area contributed by atoms with E-state index in [2.05, 4.69) is 65.6 Å². The van der Waals surface area contributed by atoms with Crippen LogP contribution in [0, 0.1) is 20.8 Å². The molecule has 0 amide bonds. The third-order valence-electron chi connectivity index (χ3n) is 4.59. The van der Waals surface area contributed by atoms with Crippen LogP contribution in [0.5, 0.6) is 0 Å². The van der Waals surface area contributed by atoms with E-state index in [1.807, 2.05) is 36.7 Å². The second kappa shape index (κ2) is 7.64. The van der Waals surface area contributed by atoms with Gasteiger partial charge in [0.05, 0.1) is 10.9 Å². The van der Waals surface area contributed by atoms with E-state index >= 15 is 0 Å². The largest absolute Gasteiger partial charge is 0.419 e. The number of rotatable bonds is 5. The summed E-state index contributed by atoms with van der Waals surface area (Å²) >= 11 is 1.60. The highest BCUT2D eigenvalue weighted by Crippen LogP contribution is 2.35. The molecular formula is C22H22N4OS. The molecule has 0 aliphatic rings. The van der Waals surface area contributed by atoms with Crippen LogP contribution in [0.2, 0.25) is 0 Å². The highest BCUT2D eigenvalue weighted by atomic mass is 32.2. The number of aromatic nitrogens is 4. The Hall–Kier alpha value is -2.86. The minimum absolute atomic E-state index is 0.0152. The summed E-state index contributed by atoms with van der Waals surface area (Å²) in [7, 11) is 0. The summed E-state index contributed by atoms with van der Waals surface area (Å²) in [6.07, 6.45) is 3.80. The van der Waals surface area contributed by atoms with Gasteiger partial charge in [0, 0.05) is 18.0 Å². The van der Waals surface area contributed by atoms with E-state index < -0.39 is 0 Å². The normalized spacial score (nSPS) is 12.3. The van der Waals surface area contributed by atoms with Crippen LogP contribution < -0.4 is 0 Å². The molecule has 0 spiro atoms. The number of imidazole rings is 1. The topological polar surface area (TPSA) is 56.7 Å². The molecule has 0 aliphatic heterocycles. The molecule has 4 aromatic rings. The molecule has 28 heavy (non-hydrogen) atoms. The average molecular weight is 391 g/mol. The molecule has 2 aromatic heterocycles. The van der Waals surface area contributed by atoms with Crippen molar-refractivity contribution in [3.8, 4) is 17.1 Å². The number of hydrogen-bond acceptors (Lipinski definition) is 5. The molecular weight excluding hydrogens is 368 g/mol. The fourth-order valence-corrected chi connectivity index (χ4v) is 3.96. The highest BCUT2D eigenvalue weighted by Gasteiger charge is 2.19. The Morgan fingerprint density at radius 2 is 1.71 bits per heavy atom. The number of thioether (sulfide) groups is 1. The van der Waals surface area contributed by atoms with Crippen molar-refractivity contribution in [1.29, 1.82) is 0 Å². The Morgan fingerprint density at radius 3 is 2.46 bits per heavy atom. The van der Waals surface area contributed by atoms with Crippen LogP contribution in [-0.4, -0.2) is 19.7 Å². The molecule has 4 rings (SSSR count). The Kier molecular flexibility index (Phi) is 5.05. The quantitative estimate of drug-likeness (QED) is 0.409. The zero-order chi connectivity index (χ0) is 19.7. The van der Waals surface area contributed by atoms with Crippen LogP contribution in [0.1, 0.15) is 34.8 Å². The van der Waals surface area contributed by atoms with Crippen molar-refractivity contribution in [2.24, 2.45) is 0 Å². The van der Waals surface area contributed by atoms with E-state index in [-0.39, 0.29) is 5.25 Å². The van der Waals surface area contributed by atoms with Gasteiger partial charge in [0.2, 0.25) is 11.8 Å². The Bertz CT molecular complexity index is 1100. The van der Waals surface area contributed by atoms with Crippen LogP contribution in [-0.2, 0) is 0 Å². The van der Waals surface area contributed by atoms with Crippen LogP contribution >= 0.6 is 11.8 Å². The highest BCUT2D eigenvalue weighted by molar-refractivity contribution is 7.99. The lowest BCUT2D eigenvalue weighted by Crippen LogP contribution is -2.00. The summed E-state index contributed by atoms with van der Waals surface area (Å²) in [5, 5.41) is 9.35. The first-order chi connectivity index (χ1) is 13.5. The van der Waals surface area contributed by atoms with Crippen LogP contribution in [0.3, 0.4) is 0 Å². The van der Waals surface area contributed by atoms with Gasteiger partial charge in [-0.05, 0) is 51.5 Å². The fraction of sp³-hybridized carbons (Fsp3) is 0.227. The van der Waals surface area contributed by atoms with Gasteiger partial charge >= 0.3 is 0 Å². The van der Waals surface area contributed by atoms with Gasteiger partial charge < -0.3 is 4.42 Å². The lowest BCUT2D eigenvalue weighted by molar-refractivity contribution is 0.509. The lowest BCUT2D eigenvalue weighted by atomic mass is 10.1. The third-order valence-corrected chi connectivity index (χ3v) is 5.66. The molecule has 0 saturated carbocycles. The maximum Gasteiger partial charge on any atom is 0.247 e. The molecule has 2 heterocycles. The SMILES string of the molecule is Cc1ccc(-c2nnc(C(C)Sc3nccn3-c3ccc(C)cc3C)o2)cc1. The molecule has 0 saturated heterocycles. The van der Waals surface area contributed by atoms with Crippen molar-refractivity contribution in [2.45, 2.75) is 38.1 Å². The van der Waals surface area contributed by atoms with E-state index in [1.165, 1.54) is 16.7 Å². The van der Waals surface area contributed by atoms with Crippen molar-refractivity contribution in [3.05, 3.63) is 77.4 Å². The number of hydrogen-bond donors (Lipinski definition) is 0. The van der Waals surface area contributed by atoms with Crippen molar-refractivity contribution in [1.82, 2.24) is 19.7 Å². The smallest absolute Gasteiger partial charge is 0.247 e. The van der Waals surface area contributed by atoms with Gasteiger partial charge in [-0.15, -0.1) is 10.2 Å². The molecule has 1 atom stereocenters. The summed E-state index contributed by atoms with van der Waals surface area (Å²) in [6.45, 7) is 8.33. The maximum atomic E-state index is 5.93. The van der Waals surface area contributed by atoms with Crippen molar-refractivity contribution >= 4 is 11.8 Å². The van der Waals surface area contributed by atoms with Gasteiger partial charge in [0.25, 0.3) is 0 Å². The predicted molar refractivity (Wildman–Crippen MR) is 112 cm³/mol. The van der Waals surface area contributed by atoms with E-state index in [0.29, 0.717) is 11.8 Å². The molecule has 142 valence electrons. The van der Waals surface area contributed by atoms with E-state index in [1.54, 1.807) is 11.8 Å². The van der Waals surface area contributed by atoms with Crippen molar-refractivity contribution in [3.63, 3.8) is 0 Å². The predicted octanol–water partition coefficient (Wildman–Crippen LogP) is 5.70. The standard InChI is InChI=1S/C22H22N4OS/c1-14-5-8-18(9-6-14)21-25-24-20(27-21)17(4)28-22-23-11-12-26(22)19-10-7-15(2)13-16(19)3/h5-13,17H,1-4H3. The molecule has 6 heteroatoms. The summed E-state index contributed by atoms with van der Waals surface area (Å²) in [6, 6.07) is 14.5. The molecule has 1 unspecified atom stereocenters. The zero-order valence-corrected chi connectivity index (χ0v) is 17.2. The second-order valence-corrected chi connectivity index (χ2v) is 8.25. The van der Waals surface area contributed by atoms with Gasteiger partial charge in [0.15, 0.2) is 5.16 Å². The van der Waals surface area contributed by atoms with Crippen molar-refractivity contribution in [2.75, 3.05) is 0 Å². The molecule has 0 bridgehead atoms. The van der Waals surface area contributed by atoms with Crippen LogP contribution in [0.4, 0.5) is 0 Å². The minimum atomic E-state index is -0.0152. The maximum absolute atomic E-state index is 5.93. The lowest BCUT2D eigenvalue weighted by Gasteiger charge is -2.12. The second-order valence-electron chi connectivity index (χ2n) is 6.94. The number of benzene rings is 2. The summed E-state index contributed by atoms with van der Waals surface area (Å²) in [5.41, 5.74) is 5.72. The van der Waals surface area contributed by atoms with Crippen molar-refractivity contribution < 1.29 is 4.42 Å². The van der Waals surface area contributed by atoms with Crippen LogP contribution in [0.25, 0.3) is 17.1 Å². The molecule has 0 fully saturated rings. The van der Waals surface area contributed by atoms with Gasteiger partial charge in [-0.3, -0.25) is 4.57 Å². The molecule has 0 aliphatic carbocycles. The molecule has 0 N–H and O–H groups in total. The monoisotopic (exact) mass is 390 g/mol. The van der Waals surface area contributed by atoms with E-state index in [4.69, 9.17) is 4.42 Å². The first-order valence-corrected chi connectivity index (χ1v) is 10.1. The molecule has 5 nitrogen and oxygen atoms in total. The van der Waals surface area contributed by atoms with Crippen LogP contribution in [0.15, 0.2) is 64.4 Å². The van der Waals surface area contributed by atoms with E-state index in [9.17, 15) is 0 Å². The first-order valence-electron chi connectivity index (χ1n) is 9.19.